The number of carbonyl (C=O) groups excluding carboxylic acids is 1. The maximum atomic E-state index is 12.1. The number of aryl methyl sites for hydroxylation is 1. The van der Waals surface area contributed by atoms with Gasteiger partial charge in [-0.05, 0) is 37.3 Å². The second kappa shape index (κ2) is 7.72. The van der Waals surface area contributed by atoms with Gasteiger partial charge in [0.1, 0.15) is 0 Å². The Hall–Kier alpha value is -1.70. The van der Waals surface area contributed by atoms with Gasteiger partial charge in [0.15, 0.2) is 0 Å². The van der Waals surface area contributed by atoms with Gasteiger partial charge in [-0.3, -0.25) is 4.79 Å². The average molecular weight is 397 g/mol. The minimum Gasteiger partial charge on any atom is -0.326 e. The highest BCUT2D eigenvalue weighted by Gasteiger charge is 2.13. The molecule has 2 N–H and O–H groups in total. The van der Waals surface area contributed by atoms with E-state index < -0.39 is 10.0 Å². The zero-order chi connectivity index (χ0) is 16.9. The lowest BCUT2D eigenvalue weighted by molar-refractivity contribution is -0.116. The standard InChI is InChI=1S/C16H17BrN2O3S/c1-12-5-7-15(8-6-12)23(21,22)18-10-9-16(20)19-14-4-2-3-13(17)11-14/h2-8,11,18H,9-10H2,1H3,(H,19,20). The second-order valence-electron chi connectivity index (χ2n) is 5.02. The van der Waals surface area contributed by atoms with E-state index in [1.165, 1.54) is 0 Å². The largest absolute Gasteiger partial charge is 0.326 e. The van der Waals surface area contributed by atoms with Gasteiger partial charge in [-0.1, -0.05) is 39.7 Å². The summed E-state index contributed by atoms with van der Waals surface area (Å²) in [4.78, 5) is 12.0. The molecule has 122 valence electrons. The molecule has 0 fully saturated rings. The molecule has 0 unspecified atom stereocenters. The molecule has 0 saturated heterocycles. The molecule has 2 rings (SSSR count). The Morgan fingerprint density at radius 2 is 1.83 bits per heavy atom. The first-order valence-electron chi connectivity index (χ1n) is 6.98. The van der Waals surface area contributed by atoms with Crippen LogP contribution in [0.25, 0.3) is 0 Å². The average Bonchev–Trinajstić information content (AvgIpc) is 2.47. The summed E-state index contributed by atoms with van der Waals surface area (Å²) in [6.07, 6.45) is 0.0532. The summed E-state index contributed by atoms with van der Waals surface area (Å²) in [5.74, 6) is -0.255. The molecule has 0 atom stereocenters. The summed E-state index contributed by atoms with van der Waals surface area (Å²) < 4.78 is 27.4. The third-order valence-corrected chi connectivity index (χ3v) is 5.05. The number of hydrogen-bond donors (Lipinski definition) is 2. The Morgan fingerprint density at radius 3 is 2.48 bits per heavy atom. The molecule has 2 aromatic rings. The smallest absolute Gasteiger partial charge is 0.240 e. The van der Waals surface area contributed by atoms with Crippen molar-refractivity contribution < 1.29 is 13.2 Å². The van der Waals surface area contributed by atoms with E-state index in [0.29, 0.717) is 5.69 Å². The molecule has 23 heavy (non-hydrogen) atoms. The van der Waals surface area contributed by atoms with Crippen LogP contribution in [-0.2, 0) is 14.8 Å². The molecule has 0 aromatic heterocycles. The minimum atomic E-state index is -3.59. The molecule has 7 heteroatoms. The minimum absolute atomic E-state index is 0.0377. The number of sulfonamides is 1. The molecule has 0 heterocycles. The Bertz CT molecular complexity index is 789. The van der Waals surface area contributed by atoms with Crippen molar-refractivity contribution in [3.63, 3.8) is 0 Å². The Balaban J connectivity index is 1.86. The molecule has 2 aromatic carbocycles. The van der Waals surface area contributed by atoms with Crippen LogP contribution in [0.4, 0.5) is 5.69 Å². The highest BCUT2D eigenvalue weighted by Crippen LogP contribution is 2.15. The first kappa shape index (κ1) is 17.7. The quantitative estimate of drug-likeness (QED) is 0.787. The van der Waals surface area contributed by atoms with Crippen LogP contribution in [-0.4, -0.2) is 20.9 Å². The highest BCUT2D eigenvalue weighted by atomic mass is 79.9. The Kier molecular flexibility index (Phi) is 5.92. The summed E-state index contributed by atoms with van der Waals surface area (Å²) >= 11 is 3.32. The van der Waals surface area contributed by atoms with E-state index in [2.05, 4.69) is 26.0 Å². The number of hydrogen-bond acceptors (Lipinski definition) is 3. The molecule has 0 radical (unpaired) electrons. The van der Waals surface area contributed by atoms with Crippen LogP contribution in [0.5, 0.6) is 0 Å². The van der Waals surface area contributed by atoms with Crippen molar-refractivity contribution >= 4 is 37.5 Å². The van der Waals surface area contributed by atoms with E-state index in [9.17, 15) is 13.2 Å². The van der Waals surface area contributed by atoms with Gasteiger partial charge in [0.05, 0.1) is 4.90 Å². The normalized spacial score (nSPS) is 11.2. The molecule has 0 spiro atoms. The van der Waals surface area contributed by atoms with Crippen LogP contribution in [0.1, 0.15) is 12.0 Å². The number of nitrogens with one attached hydrogen (secondary N) is 2. The van der Waals surface area contributed by atoms with Gasteiger partial charge >= 0.3 is 0 Å². The fourth-order valence-electron chi connectivity index (χ4n) is 1.89. The van der Waals surface area contributed by atoms with Crippen molar-refractivity contribution in [1.82, 2.24) is 4.72 Å². The molecule has 0 bridgehead atoms. The third kappa shape index (κ3) is 5.46. The van der Waals surface area contributed by atoms with Crippen molar-refractivity contribution in [2.45, 2.75) is 18.2 Å². The summed E-state index contributed by atoms with van der Waals surface area (Å²) in [5.41, 5.74) is 1.64. The van der Waals surface area contributed by atoms with E-state index in [0.717, 1.165) is 10.0 Å². The van der Waals surface area contributed by atoms with Gasteiger partial charge in [-0.15, -0.1) is 0 Å². The molecule has 0 aliphatic heterocycles. The number of carbonyl (C=O) groups is 1. The highest BCUT2D eigenvalue weighted by molar-refractivity contribution is 9.10. The molecular formula is C16H17BrN2O3S. The summed E-state index contributed by atoms with van der Waals surface area (Å²) in [5, 5.41) is 2.71. The Labute approximate surface area is 144 Å². The zero-order valence-electron chi connectivity index (χ0n) is 12.5. The Morgan fingerprint density at radius 1 is 1.13 bits per heavy atom. The molecule has 1 amide bonds. The van der Waals surface area contributed by atoms with E-state index in [1.807, 2.05) is 13.0 Å². The van der Waals surface area contributed by atoms with Gasteiger partial charge in [0.2, 0.25) is 15.9 Å². The van der Waals surface area contributed by atoms with Gasteiger partial charge in [-0.2, -0.15) is 0 Å². The lowest BCUT2D eigenvalue weighted by atomic mass is 10.2. The van der Waals surface area contributed by atoms with Crippen molar-refractivity contribution in [3.05, 3.63) is 58.6 Å². The number of benzene rings is 2. The van der Waals surface area contributed by atoms with Crippen molar-refractivity contribution in [2.24, 2.45) is 0 Å². The first-order chi connectivity index (χ1) is 10.9. The van der Waals surface area contributed by atoms with Crippen LogP contribution >= 0.6 is 15.9 Å². The summed E-state index contributed by atoms with van der Waals surface area (Å²) in [7, 11) is -3.59. The van der Waals surface area contributed by atoms with Crippen molar-refractivity contribution in [1.29, 1.82) is 0 Å². The van der Waals surface area contributed by atoms with Gasteiger partial charge < -0.3 is 5.32 Å². The molecule has 0 aliphatic carbocycles. The molecular weight excluding hydrogens is 380 g/mol. The van der Waals surface area contributed by atoms with Crippen LogP contribution < -0.4 is 10.0 Å². The monoisotopic (exact) mass is 396 g/mol. The van der Waals surface area contributed by atoms with Crippen LogP contribution in [0.2, 0.25) is 0 Å². The van der Waals surface area contributed by atoms with Crippen molar-refractivity contribution in [3.8, 4) is 0 Å². The number of halogens is 1. The van der Waals surface area contributed by atoms with Gasteiger partial charge in [0, 0.05) is 23.1 Å². The molecule has 5 nitrogen and oxygen atoms in total. The summed E-state index contributed by atoms with van der Waals surface area (Å²) in [6.45, 7) is 1.92. The van der Waals surface area contributed by atoms with Gasteiger partial charge in [-0.25, -0.2) is 13.1 Å². The van der Waals surface area contributed by atoms with E-state index in [1.54, 1.807) is 42.5 Å². The predicted molar refractivity (Wildman–Crippen MR) is 93.8 cm³/mol. The lowest BCUT2D eigenvalue weighted by Gasteiger charge is -2.08. The molecule has 0 aliphatic rings. The number of amides is 1. The van der Waals surface area contributed by atoms with Crippen molar-refractivity contribution in [2.75, 3.05) is 11.9 Å². The number of anilines is 1. The maximum Gasteiger partial charge on any atom is 0.240 e. The zero-order valence-corrected chi connectivity index (χ0v) is 14.9. The number of rotatable bonds is 6. The first-order valence-corrected chi connectivity index (χ1v) is 9.26. The van der Waals surface area contributed by atoms with Crippen LogP contribution in [0.3, 0.4) is 0 Å². The van der Waals surface area contributed by atoms with E-state index in [-0.39, 0.29) is 23.8 Å². The predicted octanol–water partition coefficient (Wildman–Crippen LogP) is 3.06. The van der Waals surface area contributed by atoms with Crippen LogP contribution in [0.15, 0.2) is 57.9 Å². The third-order valence-electron chi connectivity index (χ3n) is 3.08. The fraction of sp³-hybridized carbons (Fsp3) is 0.188. The van der Waals surface area contributed by atoms with E-state index >= 15 is 0 Å². The SMILES string of the molecule is Cc1ccc(S(=O)(=O)NCCC(=O)Nc2cccc(Br)c2)cc1. The lowest BCUT2D eigenvalue weighted by Crippen LogP contribution is -2.27. The van der Waals surface area contributed by atoms with Gasteiger partial charge in [0.25, 0.3) is 0 Å². The maximum absolute atomic E-state index is 12.1. The summed E-state index contributed by atoms with van der Waals surface area (Å²) in [6, 6.07) is 13.7. The fourth-order valence-corrected chi connectivity index (χ4v) is 3.32. The topological polar surface area (TPSA) is 75.3 Å². The second-order valence-corrected chi connectivity index (χ2v) is 7.70. The van der Waals surface area contributed by atoms with E-state index in [4.69, 9.17) is 0 Å². The molecule has 0 saturated carbocycles. The van der Waals surface area contributed by atoms with Crippen LogP contribution in [0, 0.1) is 6.92 Å².